The molecule has 108 valence electrons. The Hall–Kier alpha value is -2.17. The standard InChI is InChI=1S/C15H22N4O/c1-4-8-12-14(16)15(19(3)18-12)17-11-9-6-7-10-13(11)20-5-2/h6-7,9-10,17H,4-5,8,16H2,1-3H3. The van der Waals surface area contributed by atoms with Crippen molar-refractivity contribution >= 4 is 17.2 Å². The normalized spacial score (nSPS) is 10.6. The van der Waals surface area contributed by atoms with Crippen LogP contribution in [0.4, 0.5) is 17.2 Å². The Morgan fingerprint density at radius 1 is 1.30 bits per heavy atom. The summed E-state index contributed by atoms with van der Waals surface area (Å²) in [6, 6.07) is 7.82. The summed E-state index contributed by atoms with van der Waals surface area (Å²) in [4.78, 5) is 0. The minimum Gasteiger partial charge on any atom is -0.492 e. The predicted octanol–water partition coefficient (Wildman–Crippen LogP) is 3.10. The molecule has 0 saturated carbocycles. The number of aromatic nitrogens is 2. The molecule has 0 bridgehead atoms. The highest BCUT2D eigenvalue weighted by molar-refractivity contribution is 5.74. The first-order chi connectivity index (χ1) is 9.67. The summed E-state index contributed by atoms with van der Waals surface area (Å²) in [5.41, 5.74) is 8.72. The molecule has 20 heavy (non-hydrogen) atoms. The van der Waals surface area contributed by atoms with Crippen molar-refractivity contribution in [2.75, 3.05) is 17.7 Å². The van der Waals surface area contributed by atoms with E-state index in [2.05, 4.69) is 17.3 Å². The third kappa shape index (κ3) is 2.87. The van der Waals surface area contributed by atoms with Gasteiger partial charge in [-0.25, -0.2) is 0 Å². The van der Waals surface area contributed by atoms with E-state index in [9.17, 15) is 0 Å². The van der Waals surface area contributed by atoms with Crippen molar-refractivity contribution < 1.29 is 4.74 Å². The first-order valence-corrected chi connectivity index (χ1v) is 6.97. The zero-order chi connectivity index (χ0) is 14.5. The molecule has 2 rings (SSSR count). The maximum absolute atomic E-state index is 6.18. The largest absolute Gasteiger partial charge is 0.492 e. The van der Waals surface area contributed by atoms with Gasteiger partial charge in [-0.15, -0.1) is 0 Å². The molecule has 0 amide bonds. The Morgan fingerprint density at radius 3 is 2.75 bits per heavy atom. The smallest absolute Gasteiger partial charge is 0.152 e. The van der Waals surface area contributed by atoms with E-state index >= 15 is 0 Å². The number of nitrogen functional groups attached to an aromatic ring is 1. The van der Waals surface area contributed by atoms with Gasteiger partial charge in [-0.05, 0) is 25.5 Å². The van der Waals surface area contributed by atoms with Crippen molar-refractivity contribution in [1.82, 2.24) is 9.78 Å². The summed E-state index contributed by atoms with van der Waals surface area (Å²) in [6.45, 7) is 4.71. The van der Waals surface area contributed by atoms with Crippen molar-refractivity contribution in [3.8, 4) is 5.75 Å². The quantitative estimate of drug-likeness (QED) is 0.849. The van der Waals surface area contributed by atoms with Crippen LogP contribution in [0.5, 0.6) is 5.75 Å². The van der Waals surface area contributed by atoms with Gasteiger partial charge in [0.15, 0.2) is 5.82 Å². The van der Waals surface area contributed by atoms with Crippen molar-refractivity contribution in [1.29, 1.82) is 0 Å². The molecule has 0 aliphatic heterocycles. The number of nitrogens with one attached hydrogen (secondary N) is 1. The number of benzene rings is 1. The zero-order valence-corrected chi connectivity index (χ0v) is 12.3. The molecule has 1 heterocycles. The lowest BCUT2D eigenvalue weighted by Crippen LogP contribution is -2.03. The third-order valence-corrected chi connectivity index (χ3v) is 3.09. The fourth-order valence-electron chi connectivity index (χ4n) is 2.14. The molecule has 5 nitrogen and oxygen atoms in total. The second kappa shape index (κ2) is 6.32. The fourth-order valence-corrected chi connectivity index (χ4v) is 2.14. The lowest BCUT2D eigenvalue weighted by Gasteiger charge is -2.12. The van der Waals surface area contributed by atoms with Gasteiger partial charge in [-0.2, -0.15) is 5.10 Å². The SMILES string of the molecule is CCCc1nn(C)c(Nc2ccccc2OCC)c1N. The second-order valence-electron chi connectivity index (χ2n) is 4.64. The molecule has 0 aliphatic carbocycles. The van der Waals surface area contributed by atoms with Crippen LogP contribution in [0.3, 0.4) is 0 Å². The molecule has 0 radical (unpaired) electrons. The van der Waals surface area contributed by atoms with Crippen molar-refractivity contribution in [2.45, 2.75) is 26.7 Å². The van der Waals surface area contributed by atoms with Gasteiger partial charge in [0.25, 0.3) is 0 Å². The van der Waals surface area contributed by atoms with Gasteiger partial charge in [0.1, 0.15) is 5.75 Å². The van der Waals surface area contributed by atoms with E-state index in [1.807, 2.05) is 38.2 Å². The second-order valence-corrected chi connectivity index (χ2v) is 4.64. The van der Waals surface area contributed by atoms with Gasteiger partial charge in [0.2, 0.25) is 0 Å². The van der Waals surface area contributed by atoms with Crippen LogP contribution < -0.4 is 15.8 Å². The predicted molar refractivity (Wildman–Crippen MR) is 82.5 cm³/mol. The number of aryl methyl sites for hydroxylation is 2. The van der Waals surface area contributed by atoms with Crippen molar-refractivity contribution in [3.05, 3.63) is 30.0 Å². The number of nitrogens with zero attached hydrogens (tertiary/aromatic N) is 2. The number of hydrogen-bond donors (Lipinski definition) is 2. The van der Waals surface area contributed by atoms with E-state index in [1.54, 1.807) is 4.68 Å². The summed E-state index contributed by atoms with van der Waals surface area (Å²) >= 11 is 0. The molecule has 5 heteroatoms. The van der Waals surface area contributed by atoms with Gasteiger partial charge in [-0.3, -0.25) is 4.68 Å². The number of hydrogen-bond acceptors (Lipinski definition) is 4. The van der Waals surface area contributed by atoms with E-state index in [4.69, 9.17) is 10.5 Å². The molecule has 0 atom stereocenters. The lowest BCUT2D eigenvalue weighted by molar-refractivity contribution is 0.342. The number of anilines is 3. The fraction of sp³-hybridized carbons (Fsp3) is 0.400. The van der Waals surface area contributed by atoms with Crippen LogP contribution in [0, 0.1) is 0 Å². The minimum atomic E-state index is 0.626. The van der Waals surface area contributed by atoms with Crippen LogP contribution in [-0.2, 0) is 13.5 Å². The van der Waals surface area contributed by atoms with Gasteiger partial charge in [-0.1, -0.05) is 25.5 Å². The molecule has 0 fully saturated rings. The highest BCUT2D eigenvalue weighted by Gasteiger charge is 2.14. The molecule has 0 spiro atoms. The Balaban J connectivity index is 2.30. The Kier molecular flexibility index (Phi) is 4.50. The van der Waals surface area contributed by atoms with Crippen LogP contribution in [-0.4, -0.2) is 16.4 Å². The molecule has 3 N–H and O–H groups in total. The van der Waals surface area contributed by atoms with Crippen LogP contribution >= 0.6 is 0 Å². The van der Waals surface area contributed by atoms with E-state index in [0.717, 1.165) is 35.8 Å². The molecular formula is C15H22N4O. The zero-order valence-electron chi connectivity index (χ0n) is 12.3. The Morgan fingerprint density at radius 2 is 2.05 bits per heavy atom. The van der Waals surface area contributed by atoms with Gasteiger partial charge in [0.05, 0.1) is 23.7 Å². The van der Waals surface area contributed by atoms with Crippen molar-refractivity contribution in [3.63, 3.8) is 0 Å². The topological polar surface area (TPSA) is 65.1 Å². The highest BCUT2D eigenvalue weighted by atomic mass is 16.5. The van der Waals surface area contributed by atoms with Gasteiger partial charge >= 0.3 is 0 Å². The summed E-state index contributed by atoms with van der Waals surface area (Å²) in [6.07, 6.45) is 1.91. The average molecular weight is 274 g/mol. The first kappa shape index (κ1) is 14.2. The molecule has 0 aliphatic rings. The van der Waals surface area contributed by atoms with E-state index in [-0.39, 0.29) is 0 Å². The van der Waals surface area contributed by atoms with Crippen LogP contribution in [0.15, 0.2) is 24.3 Å². The first-order valence-electron chi connectivity index (χ1n) is 6.97. The summed E-state index contributed by atoms with van der Waals surface area (Å²) in [5, 5.41) is 7.78. The number of nitrogens with two attached hydrogens (primary N) is 1. The number of rotatable bonds is 6. The molecule has 0 unspecified atom stereocenters. The summed E-state index contributed by atoms with van der Waals surface area (Å²) in [5.74, 6) is 1.62. The van der Waals surface area contributed by atoms with Crippen molar-refractivity contribution in [2.24, 2.45) is 7.05 Å². The van der Waals surface area contributed by atoms with E-state index in [0.29, 0.717) is 12.3 Å². The Bertz CT molecular complexity index is 577. The van der Waals surface area contributed by atoms with E-state index < -0.39 is 0 Å². The highest BCUT2D eigenvalue weighted by Crippen LogP contribution is 2.31. The molecule has 2 aromatic rings. The summed E-state index contributed by atoms with van der Waals surface area (Å²) < 4.78 is 7.39. The molecule has 1 aromatic carbocycles. The average Bonchev–Trinajstić information content (AvgIpc) is 2.69. The van der Waals surface area contributed by atoms with Gasteiger partial charge in [0, 0.05) is 7.05 Å². The minimum absolute atomic E-state index is 0.626. The van der Waals surface area contributed by atoms with Crippen LogP contribution in [0.25, 0.3) is 0 Å². The van der Waals surface area contributed by atoms with E-state index in [1.165, 1.54) is 0 Å². The van der Waals surface area contributed by atoms with Crippen LogP contribution in [0.2, 0.25) is 0 Å². The maximum Gasteiger partial charge on any atom is 0.152 e. The molecular weight excluding hydrogens is 252 g/mol. The maximum atomic E-state index is 6.18. The Labute approximate surface area is 119 Å². The third-order valence-electron chi connectivity index (χ3n) is 3.09. The molecule has 1 aromatic heterocycles. The monoisotopic (exact) mass is 274 g/mol. The van der Waals surface area contributed by atoms with Crippen LogP contribution in [0.1, 0.15) is 26.0 Å². The number of para-hydroxylation sites is 2. The molecule has 0 saturated heterocycles. The lowest BCUT2D eigenvalue weighted by atomic mass is 10.2. The summed E-state index contributed by atoms with van der Waals surface area (Å²) in [7, 11) is 1.89. The van der Waals surface area contributed by atoms with Gasteiger partial charge < -0.3 is 15.8 Å². The number of ether oxygens (including phenoxy) is 1.